The fourth-order valence-electron chi connectivity index (χ4n) is 3.02. The van der Waals surface area contributed by atoms with Crippen molar-refractivity contribution in [2.24, 2.45) is 0 Å². The van der Waals surface area contributed by atoms with Gasteiger partial charge in [-0.3, -0.25) is 9.78 Å². The number of carbonyl (C=O) groups is 2. The van der Waals surface area contributed by atoms with Crippen LogP contribution in [0.25, 0.3) is 0 Å². The summed E-state index contributed by atoms with van der Waals surface area (Å²) in [6, 6.07) is 8.83. The van der Waals surface area contributed by atoms with Crippen molar-refractivity contribution in [2.75, 3.05) is 5.32 Å². The summed E-state index contributed by atoms with van der Waals surface area (Å²) in [6.07, 6.45) is 8.12. The molecule has 0 spiro atoms. The second-order valence-corrected chi connectivity index (χ2v) is 6.34. The van der Waals surface area contributed by atoms with Crippen LogP contribution in [0.5, 0.6) is 0 Å². The number of aryl methyl sites for hydroxylation is 1. The highest BCUT2D eigenvalue weighted by molar-refractivity contribution is 5.97. The summed E-state index contributed by atoms with van der Waals surface area (Å²) in [5.74, 6) is 0.141. The minimum absolute atomic E-state index is 0.306. The lowest BCUT2D eigenvalue weighted by Gasteiger charge is -2.14. The predicted molar refractivity (Wildman–Crippen MR) is 98.2 cm³/mol. The third-order valence-corrected chi connectivity index (χ3v) is 4.39. The van der Waals surface area contributed by atoms with Crippen molar-refractivity contribution in [3.8, 4) is 0 Å². The summed E-state index contributed by atoms with van der Waals surface area (Å²) in [4.78, 5) is 33.2. The van der Waals surface area contributed by atoms with Gasteiger partial charge in [0, 0.05) is 25.0 Å². The number of aromatic nitrogens is 4. The van der Waals surface area contributed by atoms with E-state index in [1.165, 1.54) is 10.9 Å². The average Bonchev–Trinajstić information content (AvgIpc) is 3.09. The first-order chi connectivity index (χ1) is 13.2. The van der Waals surface area contributed by atoms with Gasteiger partial charge in [-0.1, -0.05) is 30.3 Å². The molecule has 1 aliphatic rings. The summed E-state index contributed by atoms with van der Waals surface area (Å²) < 4.78 is 1.22. The quantitative estimate of drug-likeness (QED) is 0.739. The van der Waals surface area contributed by atoms with Crippen LogP contribution < -0.4 is 10.6 Å². The first-order valence-electron chi connectivity index (χ1n) is 8.68. The topological polar surface area (TPSA) is 102 Å². The Morgan fingerprint density at radius 3 is 2.85 bits per heavy atom. The fraction of sp³-hybridized carbons (Fsp3) is 0.211. The lowest BCUT2D eigenvalue weighted by Crippen LogP contribution is -2.45. The standard InChI is InChI=1S/C19H18N6O2/c26-18-16(7-6-15-17(24-18)21-9-8-20-15)23-19(27)25-12-14(11-22-25)10-13-4-2-1-3-5-13/h1-5,8-9,11-12,16H,6-7,10H2,(H,23,27)(H,21,24,26). The fourth-order valence-corrected chi connectivity index (χ4v) is 3.02. The Morgan fingerprint density at radius 2 is 2.00 bits per heavy atom. The van der Waals surface area contributed by atoms with Gasteiger partial charge in [-0.05, 0) is 24.0 Å². The highest BCUT2D eigenvalue weighted by Crippen LogP contribution is 2.17. The zero-order chi connectivity index (χ0) is 18.6. The molecule has 27 heavy (non-hydrogen) atoms. The Balaban J connectivity index is 1.41. The first-order valence-corrected chi connectivity index (χ1v) is 8.68. The van der Waals surface area contributed by atoms with Crippen molar-refractivity contribution in [2.45, 2.75) is 25.3 Å². The summed E-state index contributed by atoms with van der Waals surface area (Å²) in [6.45, 7) is 0. The average molecular weight is 362 g/mol. The number of hydrogen-bond donors (Lipinski definition) is 2. The summed E-state index contributed by atoms with van der Waals surface area (Å²) >= 11 is 0. The Morgan fingerprint density at radius 1 is 1.19 bits per heavy atom. The number of fused-ring (bicyclic) bond motifs is 1. The summed E-state index contributed by atoms with van der Waals surface area (Å²) in [5, 5.41) is 9.56. The molecule has 0 aliphatic carbocycles. The highest BCUT2D eigenvalue weighted by atomic mass is 16.2. The van der Waals surface area contributed by atoms with E-state index in [2.05, 4.69) is 25.7 Å². The number of anilines is 1. The number of hydrogen-bond acceptors (Lipinski definition) is 5. The van der Waals surface area contributed by atoms with Crippen molar-refractivity contribution in [1.29, 1.82) is 0 Å². The molecule has 4 rings (SSSR count). The molecule has 1 atom stereocenters. The van der Waals surface area contributed by atoms with Crippen LogP contribution in [0.4, 0.5) is 10.6 Å². The Bertz CT molecular complexity index is 969. The van der Waals surface area contributed by atoms with Crippen molar-refractivity contribution < 1.29 is 9.59 Å². The molecule has 8 heteroatoms. The molecule has 0 fully saturated rings. The van der Waals surface area contributed by atoms with Gasteiger partial charge in [0.15, 0.2) is 5.82 Å². The molecule has 2 aromatic heterocycles. The van der Waals surface area contributed by atoms with E-state index in [4.69, 9.17) is 0 Å². The van der Waals surface area contributed by atoms with Gasteiger partial charge >= 0.3 is 6.03 Å². The van der Waals surface area contributed by atoms with Gasteiger partial charge in [0.1, 0.15) is 6.04 Å². The van der Waals surface area contributed by atoms with Crippen molar-refractivity contribution in [1.82, 2.24) is 25.1 Å². The van der Waals surface area contributed by atoms with Crippen LogP contribution in [0, 0.1) is 0 Å². The van der Waals surface area contributed by atoms with E-state index in [0.29, 0.717) is 30.8 Å². The lowest BCUT2D eigenvalue weighted by molar-refractivity contribution is -0.118. The number of nitrogens with zero attached hydrogens (tertiary/aromatic N) is 4. The van der Waals surface area contributed by atoms with Crippen LogP contribution in [-0.2, 0) is 17.6 Å². The third kappa shape index (κ3) is 3.84. The van der Waals surface area contributed by atoms with Crippen LogP contribution in [-0.4, -0.2) is 37.7 Å². The van der Waals surface area contributed by atoms with Gasteiger partial charge in [0.2, 0.25) is 5.91 Å². The van der Waals surface area contributed by atoms with E-state index < -0.39 is 12.1 Å². The molecule has 1 aromatic carbocycles. The lowest BCUT2D eigenvalue weighted by atomic mass is 10.1. The van der Waals surface area contributed by atoms with E-state index in [1.54, 1.807) is 18.6 Å². The highest BCUT2D eigenvalue weighted by Gasteiger charge is 2.26. The largest absolute Gasteiger partial charge is 0.342 e. The van der Waals surface area contributed by atoms with Crippen LogP contribution >= 0.6 is 0 Å². The number of rotatable bonds is 3. The van der Waals surface area contributed by atoms with Gasteiger partial charge < -0.3 is 10.6 Å². The van der Waals surface area contributed by atoms with Gasteiger partial charge in [0.05, 0.1) is 11.9 Å². The molecule has 1 aliphatic heterocycles. The summed E-state index contributed by atoms with van der Waals surface area (Å²) in [7, 11) is 0. The number of nitrogens with one attached hydrogen (secondary N) is 2. The van der Waals surface area contributed by atoms with E-state index in [-0.39, 0.29) is 5.91 Å². The third-order valence-electron chi connectivity index (χ3n) is 4.39. The Labute approximate surface area is 155 Å². The molecule has 8 nitrogen and oxygen atoms in total. The van der Waals surface area contributed by atoms with Gasteiger partial charge in [0.25, 0.3) is 0 Å². The molecule has 0 radical (unpaired) electrons. The monoisotopic (exact) mass is 362 g/mol. The van der Waals surface area contributed by atoms with E-state index in [0.717, 1.165) is 11.1 Å². The maximum absolute atomic E-state index is 12.5. The van der Waals surface area contributed by atoms with Crippen molar-refractivity contribution >= 4 is 17.8 Å². The SMILES string of the molecule is O=C1Nc2nccnc2CCC1NC(=O)n1cc(Cc2ccccc2)cn1. The van der Waals surface area contributed by atoms with Crippen LogP contribution in [0.2, 0.25) is 0 Å². The van der Waals surface area contributed by atoms with Crippen LogP contribution in [0.1, 0.15) is 23.2 Å². The maximum Gasteiger partial charge on any atom is 0.342 e. The van der Waals surface area contributed by atoms with Crippen molar-refractivity contribution in [3.05, 3.63) is 71.9 Å². The van der Waals surface area contributed by atoms with Gasteiger partial charge in [-0.15, -0.1) is 0 Å². The number of carbonyl (C=O) groups excluding carboxylic acids is 2. The Hall–Kier alpha value is -3.55. The number of amides is 2. The molecular weight excluding hydrogens is 344 g/mol. The number of benzene rings is 1. The van der Waals surface area contributed by atoms with Crippen LogP contribution in [0.3, 0.4) is 0 Å². The van der Waals surface area contributed by atoms with Crippen molar-refractivity contribution in [3.63, 3.8) is 0 Å². The normalized spacial score (nSPS) is 16.1. The zero-order valence-electron chi connectivity index (χ0n) is 14.5. The second-order valence-electron chi connectivity index (χ2n) is 6.34. The molecule has 0 bridgehead atoms. The molecule has 2 N–H and O–H groups in total. The molecule has 136 valence electrons. The van der Waals surface area contributed by atoms with Crippen LogP contribution in [0.15, 0.2) is 55.1 Å². The van der Waals surface area contributed by atoms with E-state index in [9.17, 15) is 9.59 Å². The second kappa shape index (κ2) is 7.36. The Kier molecular flexibility index (Phi) is 4.61. The smallest absolute Gasteiger partial charge is 0.324 e. The molecule has 0 saturated heterocycles. The minimum atomic E-state index is -0.671. The maximum atomic E-state index is 12.5. The molecule has 3 heterocycles. The van der Waals surface area contributed by atoms with Gasteiger partial charge in [-0.2, -0.15) is 9.78 Å². The van der Waals surface area contributed by atoms with E-state index >= 15 is 0 Å². The predicted octanol–water partition coefficient (Wildman–Crippen LogP) is 1.78. The van der Waals surface area contributed by atoms with Gasteiger partial charge in [-0.25, -0.2) is 9.78 Å². The van der Waals surface area contributed by atoms with E-state index in [1.807, 2.05) is 30.3 Å². The minimum Gasteiger partial charge on any atom is -0.324 e. The summed E-state index contributed by atoms with van der Waals surface area (Å²) in [5.41, 5.74) is 2.77. The first kappa shape index (κ1) is 16.9. The molecule has 2 amide bonds. The molecule has 0 saturated carbocycles. The molecule has 1 unspecified atom stereocenters. The zero-order valence-corrected chi connectivity index (χ0v) is 14.5. The molecular formula is C19H18N6O2. The molecule has 3 aromatic rings.